The number of amides is 1. The number of thiazole rings is 1. The molecule has 0 radical (unpaired) electrons. The van der Waals surface area contributed by atoms with Crippen molar-refractivity contribution >= 4 is 17.2 Å². The van der Waals surface area contributed by atoms with Crippen LogP contribution in [0, 0.1) is 11.8 Å². The van der Waals surface area contributed by atoms with E-state index in [9.17, 15) is 4.79 Å². The maximum absolute atomic E-state index is 12.1. The van der Waals surface area contributed by atoms with Crippen molar-refractivity contribution in [1.29, 1.82) is 0 Å². The van der Waals surface area contributed by atoms with E-state index in [4.69, 9.17) is 4.74 Å². The van der Waals surface area contributed by atoms with E-state index in [1.165, 1.54) is 12.8 Å². The molecule has 3 fully saturated rings. The fourth-order valence-electron chi connectivity index (χ4n) is 3.53. The molecule has 0 bridgehead atoms. The van der Waals surface area contributed by atoms with Crippen molar-refractivity contribution in [2.75, 3.05) is 19.8 Å². The van der Waals surface area contributed by atoms with Gasteiger partial charge in [-0.25, -0.2) is 4.98 Å². The highest BCUT2D eigenvalue weighted by atomic mass is 32.1. The Morgan fingerprint density at radius 3 is 3.14 bits per heavy atom. The minimum Gasteiger partial charge on any atom is -0.379 e. The number of carbonyl (C=O) groups excluding carboxylic acids is 1. The van der Waals surface area contributed by atoms with Crippen LogP contribution >= 0.6 is 11.3 Å². The molecule has 3 heterocycles. The van der Waals surface area contributed by atoms with Gasteiger partial charge in [0.1, 0.15) is 5.01 Å². The Bertz CT molecular complexity index is 503. The van der Waals surface area contributed by atoms with Crippen molar-refractivity contribution in [2.24, 2.45) is 11.8 Å². The summed E-state index contributed by atoms with van der Waals surface area (Å²) in [4.78, 5) is 18.9. The fraction of sp³-hybridized carbons (Fsp3) is 0.733. The Balaban J connectivity index is 1.39. The maximum Gasteiger partial charge on any atom is 0.220 e. The van der Waals surface area contributed by atoms with Crippen LogP contribution in [0.25, 0.3) is 0 Å². The largest absolute Gasteiger partial charge is 0.379 e. The quantitative estimate of drug-likeness (QED) is 0.890. The van der Waals surface area contributed by atoms with Crippen LogP contribution in [0.1, 0.15) is 24.3 Å². The predicted octanol–water partition coefficient (Wildman–Crippen LogP) is 1.26. The van der Waals surface area contributed by atoms with E-state index in [1.54, 1.807) is 11.3 Å². The first kappa shape index (κ1) is 13.7. The molecule has 4 rings (SSSR count). The van der Waals surface area contributed by atoms with Gasteiger partial charge in [-0.3, -0.25) is 9.69 Å². The molecule has 1 saturated carbocycles. The normalized spacial score (nSPS) is 32.3. The lowest BCUT2D eigenvalue weighted by molar-refractivity contribution is -0.122. The van der Waals surface area contributed by atoms with Crippen LogP contribution in [-0.2, 0) is 16.1 Å². The first-order valence-corrected chi connectivity index (χ1v) is 8.67. The number of nitrogens with zero attached hydrogens (tertiary/aromatic N) is 2. The second-order valence-corrected chi connectivity index (χ2v) is 7.42. The highest BCUT2D eigenvalue weighted by Crippen LogP contribution is 2.34. The predicted molar refractivity (Wildman–Crippen MR) is 79.9 cm³/mol. The zero-order valence-corrected chi connectivity index (χ0v) is 12.8. The third kappa shape index (κ3) is 2.98. The van der Waals surface area contributed by atoms with E-state index >= 15 is 0 Å². The van der Waals surface area contributed by atoms with E-state index in [2.05, 4.69) is 15.2 Å². The second-order valence-electron chi connectivity index (χ2n) is 6.45. The Labute approximate surface area is 128 Å². The first-order valence-electron chi connectivity index (χ1n) is 7.79. The van der Waals surface area contributed by atoms with E-state index in [-0.39, 0.29) is 11.9 Å². The summed E-state index contributed by atoms with van der Waals surface area (Å²) in [5.41, 5.74) is 0. The van der Waals surface area contributed by atoms with E-state index < -0.39 is 0 Å². The molecule has 2 aliphatic heterocycles. The minimum atomic E-state index is 0.226. The van der Waals surface area contributed by atoms with Gasteiger partial charge in [0.25, 0.3) is 0 Å². The number of hydrogen-bond donors (Lipinski definition) is 1. The van der Waals surface area contributed by atoms with E-state index in [1.807, 2.05) is 11.6 Å². The van der Waals surface area contributed by atoms with Gasteiger partial charge < -0.3 is 10.1 Å². The van der Waals surface area contributed by atoms with Gasteiger partial charge in [-0.15, -0.1) is 11.3 Å². The third-order valence-electron chi connectivity index (χ3n) is 4.85. The molecule has 5 nitrogen and oxygen atoms in total. The van der Waals surface area contributed by atoms with Crippen LogP contribution in [0.3, 0.4) is 0 Å². The summed E-state index contributed by atoms with van der Waals surface area (Å²) < 4.78 is 5.66. The van der Waals surface area contributed by atoms with Crippen LogP contribution in [0.15, 0.2) is 11.6 Å². The highest BCUT2D eigenvalue weighted by Gasteiger charge is 2.46. The average Bonchev–Trinajstić information content (AvgIpc) is 2.92. The molecule has 0 aromatic carbocycles. The van der Waals surface area contributed by atoms with Crippen LogP contribution in [-0.4, -0.2) is 47.6 Å². The molecule has 1 aliphatic carbocycles. The first-order chi connectivity index (χ1) is 10.3. The molecule has 0 spiro atoms. The second kappa shape index (κ2) is 5.66. The number of aromatic nitrogens is 1. The zero-order valence-electron chi connectivity index (χ0n) is 12.0. The highest BCUT2D eigenvalue weighted by molar-refractivity contribution is 7.09. The van der Waals surface area contributed by atoms with Gasteiger partial charge in [-0.1, -0.05) is 0 Å². The van der Waals surface area contributed by atoms with Gasteiger partial charge in [-0.05, 0) is 18.8 Å². The van der Waals surface area contributed by atoms with Crippen molar-refractivity contribution in [2.45, 2.75) is 37.9 Å². The summed E-state index contributed by atoms with van der Waals surface area (Å²) >= 11 is 1.69. The van der Waals surface area contributed by atoms with Crippen molar-refractivity contribution < 1.29 is 9.53 Å². The Morgan fingerprint density at radius 1 is 1.48 bits per heavy atom. The van der Waals surface area contributed by atoms with E-state index in [0.717, 1.165) is 31.3 Å². The zero-order chi connectivity index (χ0) is 14.2. The molecule has 1 amide bonds. The van der Waals surface area contributed by atoms with Gasteiger partial charge >= 0.3 is 0 Å². The Morgan fingerprint density at radius 2 is 2.38 bits per heavy atom. The van der Waals surface area contributed by atoms with Crippen molar-refractivity contribution in [3.05, 3.63) is 16.6 Å². The number of carbonyl (C=O) groups is 1. The molecule has 0 unspecified atom stereocenters. The molecular weight excluding hydrogens is 286 g/mol. The molecule has 1 aromatic rings. The lowest BCUT2D eigenvalue weighted by Gasteiger charge is -2.20. The summed E-state index contributed by atoms with van der Waals surface area (Å²) in [6.07, 6.45) is 5.02. The van der Waals surface area contributed by atoms with Gasteiger partial charge in [0, 0.05) is 42.5 Å². The van der Waals surface area contributed by atoms with Crippen molar-refractivity contribution in [3.63, 3.8) is 0 Å². The molecule has 1 aromatic heterocycles. The van der Waals surface area contributed by atoms with E-state index in [0.29, 0.717) is 24.3 Å². The molecule has 6 heteroatoms. The number of fused-ring (bicyclic) bond motifs is 1. The monoisotopic (exact) mass is 307 g/mol. The van der Waals surface area contributed by atoms with Crippen LogP contribution in [0.5, 0.6) is 0 Å². The standard InChI is InChI=1S/C15H21N3O2S/c19-14(5-10-1-2-10)17-12-6-18(7-15-16-3-4-21-15)13-9-20-8-11(12)13/h3-4,10-13H,1-2,5-9H2,(H,17,19)/t11-,12-,13-/m1/s1. The van der Waals surface area contributed by atoms with Gasteiger partial charge in [0.15, 0.2) is 0 Å². The summed E-state index contributed by atoms with van der Waals surface area (Å²) in [7, 11) is 0. The Kier molecular flexibility index (Phi) is 3.69. The molecule has 1 N–H and O–H groups in total. The number of rotatable bonds is 5. The van der Waals surface area contributed by atoms with Gasteiger partial charge in [-0.2, -0.15) is 0 Å². The van der Waals surface area contributed by atoms with Gasteiger partial charge in [0.2, 0.25) is 5.91 Å². The minimum absolute atomic E-state index is 0.226. The molecule has 21 heavy (non-hydrogen) atoms. The van der Waals surface area contributed by atoms with Crippen LogP contribution < -0.4 is 5.32 Å². The smallest absolute Gasteiger partial charge is 0.220 e. The summed E-state index contributed by atoms with van der Waals surface area (Å²) in [5, 5.41) is 6.41. The summed E-state index contributed by atoms with van der Waals surface area (Å²) in [5.74, 6) is 1.31. The number of likely N-dealkylation sites (tertiary alicyclic amines) is 1. The van der Waals surface area contributed by atoms with Crippen LogP contribution in [0.2, 0.25) is 0 Å². The number of nitrogens with one attached hydrogen (secondary N) is 1. The summed E-state index contributed by atoms with van der Waals surface area (Å²) in [6.45, 7) is 3.35. The lowest BCUT2D eigenvalue weighted by atomic mass is 9.99. The molecule has 3 aliphatic rings. The van der Waals surface area contributed by atoms with Gasteiger partial charge in [0.05, 0.1) is 19.8 Å². The summed E-state index contributed by atoms with van der Waals surface area (Å²) in [6, 6.07) is 0.670. The molecular formula is C15H21N3O2S. The topological polar surface area (TPSA) is 54.5 Å². The molecule has 114 valence electrons. The molecule has 3 atom stereocenters. The SMILES string of the molecule is O=C(CC1CC1)N[C@@H]1CN(Cc2nccs2)[C@@H]2COC[C@@H]21. The van der Waals surface area contributed by atoms with Crippen molar-refractivity contribution in [3.8, 4) is 0 Å². The van der Waals surface area contributed by atoms with Crippen molar-refractivity contribution in [1.82, 2.24) is 15.2 Å². The molecule has 2 saturated heterocycles. The average molecular weight is 307 g/mol. The number of ether oxygens (including phenoxy) is 1. The number of hydrogen-bond acceptors (Lipinski definition) is 5. The Hall–Kier alpha value is -0.980. The maximum atomic E-state index is 12.1. The van der Waals surface area contributed by atoms with Crippen LogP contribution in [0.4, 0.5) is 0 Å². The third-order valence-corrected chi connectivity index (χ3v) is 5.61. The lowest BCUT2D eigenvalue weighted by Crippen LogP contribution is -2.41. The fourth-order valence-corrected chi connectivity index (χ4v) is 4.17.